The standard InChI is InChI=1S/C15H20N2O5/c1-10(16-14(20)12-4-7-22-9-12)15(21)17-5-2-11(3-6-17)8-13(18)19/h4,7,9-11H,2-3,5-6,8H2,1H3,(H,16,20)(H,18,19). The Labute approximate surface area is 128 Å². The second kappa shape index (κ2) is 7.11. The molecule has 1 fully saturated rings. The van der Waals surface area contributed by atoms with Crippen molar-refractivity contribution in [2.24, 2.45) is 5.92 Å². The number of carbonyl (C=O) groups excluding carboxylic acids is 2. The number of nitrogens with one attached hydrogen (secondary N) is 1. The Morgan fingerprint density at radius 1 is 1.41 bits per heavy atom. The molecular formula is C15H20N2O5. The van der Waals surface area contributed by atoms with Crippen molar-refractivity contribution >= 4 is 17.8 Å². The topological polar surface area (TPSA) is 99.9 Å². The molecule has 1 aliphatic heterocycles. The van der Waals surface area contributed by atoms with Gasteiger partial charge >= 0.3 is 5.97 Å². The van der Waals surface area contributed by atoms with E-state index in [1.807, 2.05) is 0 Å². The minimum Gasteiger partial charge on any atom is -0.481 e. The number of nitrogens with zero attached hydrogens (tertiary/aromatic N) is 1. The van der Waals surface area contributed by atoms with E-state index >= 15 is 0 Å². The fraction of sp³-hybridized carbons (Fsp3) is 0.533. The molecule has 1 aromatic rings. The number of furan rings is 1. The Hall–Kier alpha value is -2.31. The van der Waals surface area contributed by atoms with E-state index in [1.165, 1.54) is 18.6 Å². The van der Waals surface area contributed by atoms with E-state index in [9.17, 15) is 14.4 Å². The van der Waals surface area contributed by atoms with Gasteiger partial charge < -0.3 is 19.7 Å². The molecule has 7 heteroatoms. The molecule has 7 nitrogen and oxygen atoms in total. The summed E-state index contributed by atoms with van der Waals surface area (Å²) in [7, 11) is 0. The lowest BCUT2D eigenvalue weighted by atomic mass is 9.93. The Morgan fingerprint density at radius 2 is 2.09 bits per heavy atom. The zero-order chi connectivity index (χ0) is 16.1. The van der Waals surface area contributed by atoms with Crippen LogP contribution >= 0.6 is 0 Å². The minimum absolute atomic E-state index is 0.123. The van der Waals surface area contributed by atoms with Crippen LogP contribution in [0.1, 0.15) is 36.5 Å². The first-order valence-electron chi connectivity index (χ1n) is 7.31. The summed E-state index contributed by atoms with van der Waals surface area (Å²) in [4.78, 5) is 36.5. The number of carboxylic acid groups (broad SMARTS) is 1. The molecule has 2 rings (SSSR count). The molecule has 1 aromatic heterocycles. The van der Waals surface area contributed by atoms with Gasteiger partial charge in [0.05, 0.1) is 11.8 Å². The summed E-state index contributed by atoms with van der Waals surface area (Å²) < 4.78 is 4.83. The zero-order valence-corrected chi connectivity index (χ0v) is 12.4. The quantitative estimate of drug-likeness (QED) is 0.849. The smallest absolute Gasteiger partial charge is 0.303 e. The van der Waals surface area contributed by atoms with Crippen molar-refractivity contribution < 1.29 is 23.9 Å². The maximum atomic E-state index is 12.3. The SMILES string of the molecule is CC(NC(=O)c1ccoc1)C(=O)N1CCC(CC(=O)O)CC1. The highest BCUT2D eigenvalue weighted by atomic mass is 16.4. The normalized spacial score (nSPS) is 17.0. The predicted molar refractivity (Wildman–Crippen MR) is 77.2 cm³/mol. The molecule has 0 saturated carbocycles. The lowest BCUT2D eigenvalue weighted by Crippen LogP contribution is -2.49. The molecule has 22 heavy (non-hydrogen) atoms. The molecule has 1 atom stereocenters. The number of carbonyl (C=O) groups is 3. The first-order valence-corrected chi connectivity index (χ1v) is 7.31. The average molecular weight is 308 g/mol. The summed E-state index contributed by atoms with van der Waals surface area (Å²) in [6.07, 6.45) is 4.23. The van der Waals surface area contributed by atoms with Crippen LogP contribution in [-0.2, 0) is 9.59 Å². The van der Waals surface area contributed by atoms with Crippen LogP contribution in [0, 0.1) is 5.92 Å². The molecule has 0 radical (unpaired) electrons. The number of piperidine rings is 1. The van der Waals surface area contributed by atoms with E-state index < -0.39 is 12.0 Å². The molecule has 1 unspecified atom stereocenters. The maximum absolute atomic E-state index is 12.3. The van der Waals surface area contributed by atoms with Gasteiger partial charge in [-0.25, -0.2) is 0 Å². The van der Waals surface area contributed by atoms with Crippen molar-refractivity contribution in [2.45, 2.75) is 32.2 Å². The van der Waals surface area contributed by atoms with Crippen LogP contribution in [-0.4, -0.2) is 46.9 Å². The number of likely N-dealkylation sites (tertiary alicyclic amines) is 1. The summed E-state index contributed by atoms with van der Waals surface area (Å²) in [5.74, 6) is -1.18. The molecule has 2 amide bonds. The third-order valence-corrected chi connectivity index (χ3v) is 3.89. The van der Waals surface area contributed by atoms with Crippen molar-refractivity contribution in [3.05, 3.63) is 24.2 Å². The molecule has 0 spiro atoms. The second-order valence-corrected chi connectivity index (χ2v) is 5.57. The Balaban J connectivity index is 1.82. The number of amides is 2. The number of aliphatic carboxylic acids is 1. The third-order valence-electron chi connectivity index (χ3n) is 3.89. The molecule has 1 saturated heterocycles. The Kier molecular flexibility index (Phi) is 5.19. The highest BCUT2D eigenvalue weighted by molar-refractivity contribution is 5.97. The van der Waals surface area contributed by atoms with Crippen molar-refractivity contribution in [1.29, 1.82) is 0 Å². The highest BCUT2D eigenvalue weighted by Crippen LogP contribution is 2.20. The van der Waals surface area contributed by atoms with Crippen LogP contribution < -0.4 is 5.32 Å². The molecule has 0 aliphatic carbocycles. The van der Waals surface area contributed by atoms with Crippen molar-refractivity contribution in [3.63, 3.8) is 0 Å². The summed E-state index contributed by atoms with van der Waals surface area (Å²) >= 11 is 0. The lowest BCUT2D eigenvalue weighted by molar-refractivity contribution is -0.139. The highest BCUT2D eigenvalue weighted by Gasteiger charge is 2.27. The Bertz CT molecular complexity index is 532. The van der Waals surface area contributed by atoms with E-state index in [2.05, 4.69) is 5.32 Å². The molecule has 2 heterocycles. The fourth-order valence-corrected chi connectivity index (χ4v) is 2.61. The first-order chi connectivity index (χ1) is 10.5. The molecule has 2 N–H and O–H groups in total. The van der Waals surface area contributed by atoms with Gasteiger partial charge in [-0.2, -0.15) is 0 Å². The van der Waals surface area contributed by atoms with Crippen LogP contribution in [0.2, 0.25) is 0 Å². The van der Waals surface area contributed by atoms with E-state index in [4.69, 9.17) is 9.52 Å². The number of hydrogen-bond acceptors (Lipinski definition) is 4. The van der Waals surface area contributed by atoms with Gasteiger partial charge in [0.25, 0.3) is 5.91 Å². The first kappa shape index (κ1) is 16.1. The molecule has 120 valence electrons. The molecule has 0 bridgehead atoms. The predicted octanol–water partition coefficient (Wildman–Crippen LogP) is 1.11. The molecule has 1 aliphatic rings. The van der Waals surface area contributed by atoms with Gasteiger partial charge in [0, 0.05) is 19.5 Å². The van der Waals surface area contributed by atoms with Crippen molar-refractivity contribution in [3.8, 4) is 0 Å². The van der Waals surface area contributed by atoms with Gasteiger partial charge in [0.15, 0.2) is 0 Å². The summed E-state index contributed by atoms with van der Waals surface area (Å²) in [6, 6.07) is 0.905. The van der Waals surface area contributed by atoms with Gasteiger partial charge in [-0.1, -0.05) is 0 Å². The average Bonchev–Trinajstić information content (AvgIpc) is 3.01. The van der Waals surface area contributed by atoms with Gasteiger partial charge in [-0.15, -0.1) is 0 Å². The lowest BCUT2D eigenvalue weighted by Gasteiger charge is -2.33. The minimum atomic E-state index is -0.800. The largest absolute Gasteiger partial charge is 0.481 e. The van der Waals surface area contributed by atoms with Gasteiger partial charge in [-0.05, 0) is 31.7 Å². The fourth-order valence-electron chi connectivity index (χ4n) is 2.61. The maximum Gasteiger partial charge on any atom is 0.303 e. The number of carboxylic acids is 1. The van der Waals surface area contributed by atoms with E-state index in [0.717, 1.165) is 0 Å². The van der Waals surface area contributed by atoms with Gasteiger partial charge in [0.1, 0.15) is 12.3 Å². The summed E-state index contributed by atoms with van der Waals surface area (Å²) in [5, 5.41) is 11.4. The number of rotatable bonds is 5. The van der Waals surface area contributed by atoms with Crippen LogP contribution in [0.25, 0.3) is 0 Å². The summed E-state index contributed by atoms with van der Waals surface area (Å²) in [6.45, 7) is 2.70. The van der Waals surface area contributed by atoms with Crippen LogP contribution in [0.15, 0.2) is 23.0 Å². The van der Waals surface area contributed by atoms with E-state index in [0.29, 0.717) is 31.5 Å². The van der Waals surface area contributed by atoms with Gasteiger partial charge in [-0.3, -0.25) is 14.4 Å². The van der Waals surface area contributed by atoms with E-state index in [-0.39, 0.29) is 24.2 Å². The third kappa shape index (κ3) is 4.09. The zero-order valence-electron chi connectivity index (χ0n) is 12.4. The number of hydrogen-bond donors (Lipinski definition) is 2. The molecular weight excluding hydrogens is 288 g/mol. The van der Waals surface area contributed by atoms with Gasteiger partial charge in [0.2, 0.25) is 5.91 Å². The molecule has 0 aromatic carbocycles. The van der Waals surface area contributed by atoms with Crippen LogP contribution in [0.3, 0.4) is 0 Å². The monoisotopic (exact) mass is 308 g/mol. The summed E-state index contributed by atoms with van der Waals surface area (Å²) in [5.41, 5.74) is 0.375. The second-order valence-electron chi connectivity index (χ2n) is 5.57. The Morgan fingerprint density at radius 3 is 2.64 bits per heavy atom. The van der Waals surface area contributed by atoms with Crippen molar-refractivity contribution in [1.82, 2.24) is 10.2 Å². The van der Waals surface area contributed by atoms with Crippen molar-refractivity contribution in [2.75, 3.05) is 13.1 Å². The van der Waals surface area contributed by atoms with Crippen LogP contribution in [0.4, 0.5) is 0 Å². The van der Waals surface area contributed by atoms with Crippen LogP contribution in [0.5, 0.6) is 0 Å². The van der Waals surface area contributed by atoms with E-state index in [1.54, 1.807) is 11.8 Å².